The molecule has 0 saturated heterocycles. The third kappa shape index (κ3) is 4.35. The fraction of sp³-hybridized carbons (Fsp3) is 0.143. The number of hydrogen-bond acceptors (Lipinski definition) is 2. The van der Waals surface area contributed by atoms with E-state index in [2.05, 4.69) is 26.0 Å². The van der Waals surface area contributed by atoms with Crippen molar-refractivity contribution in [2.75, 3.05) is 5.32 Å². The average Bonchev–Trinajstić information content (AvgIpc) is 2.37. The van der Waals surface area contributed by atoms with E-state index in [1.54, 1.807) is 24.3 Å². The van der Waals surface area contributed by atoms with Gasteiger partial charge < -0.3 is 10.1 Å². The Morgan fingerprint density at radius 2 is 2.00 bits per heavy atom. The number of benzene rings is 2. The van der Waals surface area contributed by atoms with Crippen LogP contribution in [0.4, 0.5) is 14.5 Å². The third-order valence-electron chi connectivity index (χ3n) is 2.56. The summed E-state index contributed by atoms with van der Waals surface area (Å²) in [4.78, 5) is 0. The van der Waals surface area contributed by atoms with Gasteiger partial charge in [0.05, 0.1) is 0 Å². The number of halogens is 4. The maximum absolute atomic E-state index is 12.1. The monoisotopic (exact) mass is 361 g/mol. The Balaban J connectivity index is 2.03. The molecule has 2 aromatic rings. The summed E-state index contributed by atoms with van der Waals surface area (Å²) in [5.41, 5.74) is 1.71. The molecule has 2 rings (SSSR count). The molecule has 0 unspecified atom stereocenters. The van der Waals surface area contributed by atoms with Crippen LogP contribution in [-0.4, -0.2) is 6.61 Å². The molecule has 2 aromatic carbocycles. The van der Waals surface area contributed by atoms with Crippen LogP contribution in [0.5, 0.6) is 5.75 Å². The highest BCUT2D eigenvalue weighted by atomic mass is 79.9. The first-order valence-electron chi connectivity index (χ1n) is 5.77. The average molecular weight is 363 g/mol. The molecular weight excluding hydrogens is 352 g/mol. The lowest BCUT2D eigenvalue weighted by Gasteiger charge is -2.10. The molecule has 0 aliphatic carbocycles. The zero-order chi connectivity index (χ0) is 14.5. The molecule has 0 aliphatic heterocycles. The highest BCUT2D eigenvalue weighted by Crippen LogP contribution is 2.24. The number of hydrogen-bond donors (Lipinski definition) is 1. The van der Waals surface area contributed by atoms with Gasteiger partial charge in [0.2, 0.25) is 0 Å². The van der Waals surface area contributed by atoms with Gasteiger partial charge in [0.15, 0.2) is 0 Å². The number of rotatable bonds is 5. The normalized spacial score (nSPS) is 10.7. The predicted molar refractivity (Wildman–Crippen MR) is 79.6 cm³/mol. The number of anilines is 1. The topological polar surface area (TPSA) is 21.3 Å². The van der Waals surface area contributed by atoms with Crippen molar-refractivity contribution >= 4 is 33.2 Å². The van der Waals surface area contributed by atoms with Crippen LogP contribution in [0.15, 0.2) is 46.9 Å². The van der Waals surface area contributed by atoms with Crippen LogP contribution in [0.1, 0.15) is 5.56 Å². The van der Waals surface area contributed by atoms with Crippen molar-refractivity contribution in [3.63, 3.8) is 0 Å². The Bertz CT molecular complexity index is 595. The van der Waals surface area contributed by atoms with Gasteiger partial charge in [-0.05, 0) is 29.8 Å². The minimum Gasteiger partial charge on any atom is -0.435 e. The Morgan fingerprint density at radius 1 is 1.20 bits per heavy atom. The van der Waals surface area contributed by atoms with E-state index in [1.165, 1.54) is 12.1 Å². The van der Waals surface area contributed by atoms with Crippen LogP contribution in [0.3, 0.4) is 0 Å². The molecule has 2 nitrogen and oxygen atoms in total. The zero-order valence-corrected chi connectivity index (χ0v) is 12.6. The first-order chi connectivity index (χ1) is 9.54. The summed E-state index contributed by atoms with van der Waals surface area (Å²) in [7, 11) is 0. The molecule has 0 aromatic heterocycles. The van der Waals surface area contributed by atoms with E-state index in [9.17, 15) is 8.78 Å². The third-order valence-corrected chi connectivity index (χ3v) is 3.53. The fourth-order valence-electron chi connectivity index (χ4n) is 1.64. The smallest absolute Gasteiger partial charge is 0.387 e. The van der Waals surface area contributed by atoms with Gasteiger partial charge in [-0.3, -0.25) is 0 Å². The van der Waals surface area contributed by atoms with Gasteiger partial charge in [-0.2, -0.15) is 8.78 Å². The van der Waals surface area contributed by atoms with Crippen molar-refractivity contribution in [1.82, 2.24) is 0 Å². The van der Waals surface area contributed by atoms with Crippen LogP contribution in [0.25, 0.3) is 0 Å². The molecule has 0 atom stereocenters. The van der Waals surface area contributed by atoms with Crippen LogP contribution in [0, 0.1) is 0 Å². The molecule has 0 bridgehead atoms. The zero-order valence-electron chi connectivity index (χ0n) is 10.2. The van der Waals surface area contributed by atoms with Crippen LogP contribution < -0.4 is 10.1 Å². The second-order valence-corrected chi connectivity index (χ2v) is 5.29. The Hall–Kier alpha value is -1.33. The molecule has 0 spiro atoms. The lowest BCUT2D eigenvalue weighted by atomic mass is 10.2. The molecule has 106 valence electrons. The van der Waals surface area contributed by atoms with Crippen molar-refractivity contribution < 1.29 is 13.5 Å². The van der Waals surface area contributed by atoms with E-state index in [0.29, 0.717) is 17.3 Å². The van der Waals surface area contributed by atoms with Crippen molar-refractivity contribution in [3.8, 4) is 5.75 Å². The van der Waals surface area contributed by atoms with Crippen molar-refractivity contribution in [3.05, 3.63) is 57.5 Å². The molecular formula is C14H11BrClF2NO. The van der Waals surface area contributed by atoms with E-state index in [0.717, 1.165) is 10.0 Å². The van der Waals surface area contributed by atoms with E-state index >= 15 is 0 Å². The molecule has 0 saturated carbocycles. The summed E-state index contributed by atoms with van der Waals surface area (Å²) >= 11 is 9.28. The summed E-state index contributed by atoms with van der Waals surface area (Å²) < 4.78 is 29.5. The van der Waals surface area contributed by atoms with Crippen LogP contribution in [0.2, 0.25) is 5.02 Å². The Labute approximate surface area is 128 Å². The van der Waals surface area contributed by atoms with Gasteiger partial charge in [0.25, 0.3) is 0 Å². The first-order valence-corrected chi connectivity index (χ1v) is 6.94. The minimum atomic E-state index is -2.82. The van der Waals surface area contributed by atoms with E-state index < -0.39 is 6.61 Å². The fourth-order valence-corrected chi connectivity index (χ4v) is 2.47. The lowest BCUT2D eigenvalue weighted by molar-refractivity contribution is -0.0498. The molecule has 6 heteroatoms. The van der Waals surface area contributed by atoms with Gasteiger partial charge in [0, 0.05) is 27.8 Å². The summed E-state index contributed by atoms with van der Waals surface area (Å²) in [5.74, 6) is 0.125. The highest BCUT2D eigenvalue weighted by Gasteiger charge is 2.05. The molecule has 0 amide bonds. The second-order valence-electron chi connectivity index (χ2n) is 4.00. The van der Waals surface area contributed by atoms with E-state index in [1.807, 2.05) is 6.07 Å². The van der Waals surface area contributed by atoms with Crippen molar-refractivity contribution in [2.24, 2.45) is 0 Å². The standard InChI is InChI=1S/C14H11BrClF2NO/c15-13-6-10(16)5-4-9(13)8-19-11-2-1-3-12(7-11)20-14(17)18/h1-7,14,19H,8H2. The van der Waals surface area contributed by atoms with Crippen molar-refractivity contribution in [1.29, 1.82) is 0 Å². The van der Waals surface area contributed by atoms with Gasteiger partial charge in [-0.25, -0.2) is 0 Å². The molecule has 1 N–H and O–H groups in total. The first kappa shape index (κ1) is 15.1. The van der Waals surface area contributed by atoms with Gasteiger partial charge in [-0.15, -0.1) is 0 Å². The Morgan fingerprint density at radius 3 is 2.70 bits per heavy atom. The quantitative estimate of drug-likeness (QED) is 0.777. The van der Waals surface area contributed by atoms with Crippen molar-refractivity contribution in [2.45, 2.75) is 13.2 Å². The maximum atomic E-state index is 12.1. The molecule has 0 radical (unpaired) electrons. The summed E-state index contributed by atoms with van der Waals surface area (Å²) in [6.45, 7) is -2.29. The second kappa shape index (κ2) is 6.90. The molecule has 0 aliphatic rings. The number of ether oxygens (including phenoxy) is 1. The summed E-state index contributed by atoms with van der Waals surface area (Å²) in [6.07, 6.45) is 0. The maximum Gasteiger partial charge on any atom is 0.387 e. The summed E-state index contributed by atoms with van der Waals surface area (Å²) in [5, 5.41) is 3.78. The SMILES string of the molecule is FC(F)Oc1cccc(NCc2ccc(Cl)cc2Br)c1. The van der Waals surface area contributed by atoms with Gasteiger partial charge in [0.1, 0.15) is 5.75 Å². The molecule has 0 heterocycles. The van der Waals surface area contributed by atoms with E-state index in [4.69, 9.17) is 11.6 Å². The lowest BCUT2D eigenvalue weighted by Crippen LogP contribution is -2.03. The van der Waals surface area contributed by atoms with Crippen LogP contribution >= 0.6 is 27.5 Å². The largest absolute Gasteiger partial charge is 0.435 e. The Kier molecular flexibility index (Phi) is 5.20. The number of nitrogens with one attached hydrogen (secondary N) is 1. The highest BCUT2D eigenvalue weighted by molar-refractivity contribution is 9.10. The molecule has 0 fully saturated rings. The molecule has 20 heavy (non-hydrogen) atoms. The van der Waals surface area contributed by atoms with Gasteiger partial charge >= 0.3 is 6.61 Å². The van der Waals surface area contributed by atoms with Gasteiger partial charge in [-0.1, -0.05) is 39.7 Å². The van der Waals surface area contributed by atoms with E-state index in [-0.39, 0.29) is 5.75 Å². The minimum absolute atomic E-state index is 0.125. The number of alkyl halides is 2. The summed E-state index contributed by atoms with van der Waals surface area (Å²) in [6, 6.07) is 11.9. The van der Waals surface area contributed by atoms with Crippen LogP contribution in [-0.2, 0) is 6.54 Å². The predicted octanol–water partition coefficient (Wildman–Crippen LogP) is 5.32.